The minimum absolute atomic E-state index is 0.00745. The first-order valence-electron chi connectivity index (χ1n) is 5.28. The van der Waals surface area contributed by atoms with E-state index >= 15 is 0 Å². The number of nitrogens with one attached hydrogen (secondary N) is 1. The van der Waals surface area contributed by atoms with Crippen LogP contribution in [0.25, 0.3) is 0 Å². The summed E-state index contributed by atoms with van der Waals surface area (Å²) in [6, 6.07) is 7.53. The lowest BCUT2D eigenvalue weighted by Crippen LogP contribution is -2.34. The minimum Gasteiger partial charge on any atom is -0.399 e. The molecule has 0 heterocycles. The lowest BCUT2D eigenvalue weighted by Gasteiger charge is -2.16. The van der Waals surface area contributed by atoms with Crippen LogP contribution in [0.5, 0.6) is 0 Å². The molecule has 0 spiro atoms. The molecule has 0 saturated carbocycles. The number of nitrogens with two attached hydrogens (primary N) is 1. The maximum Gasteiger partial charge on any atom is 0.234 e. The molecule has 0 saturated heterocycles. The van der Waals surface area contributed by atoms with Crippen molar-refractivity contribution in [3.63, 3.8) is 0 Å². The van der Waals surface area contributed by atoms with Gasteiger partial charge in [0, 0.05) is 5.69 Å². The number of likely N-dealkylation sites (N-methyl/N-ethyl adjacent to an activating group) is 1. The van der Waals surface area contributed by atoms with Crippen LogP contribution in [0.15, 0.2) is 24.3 Å². The number of carbonyl (C=O) groups is 1. The second-order valence-corrected chi connectivity index (χ2v) is 4.19. The van der Waals surface area contributed by atoms with Crippen LogP contribution < -0.4 is 11.1 Å². The average molecular weight is 221 g/mol. The predicted molar refractivity (Wildman–Crippen MR) is 66.0 cm³/mol. The lowest BCUT2D eigenvalue weighted by atomic mass is 10.1. The van der Waals surface area contributed by atoms with Crippen molar-refractivity contribution in [3.05, 3.63) is 29.8 Å². The average Bonchev–Trinajstić information content (AvgIpc) is 2.16. The molecular weight excluding hydrogens is 202 g/mol. The zero-order valence-electron chi connectivity index (χ0n) is 10.0. The summed E-state index contributed by atoms with van der Waals surface area (Å²) in [5, 5.41) is 2.93. The quantitative estimate of drug-likeness (QED) is 0.746. The van der Waals surface area contributed by atoms with Crippen LogP contribution in [0.3, 0.4) is 0 Å². The molecule has 1 amide bonds. The van der Waals surface area contributed by atoms with Gasteiger partial charge in [0.05, 0.1) is 12.6 Å². The molecule has 0 radical (unpaired) electrons. The zero-order chi connectivity index (χ0) is 12.1. The Morgan fingerprint density at radius 2 is 1.94 bits per heavy atom. The number of hydrogen-bond donors (Lipinski definition) is 2. The summed E-state index contributed by atoms with van der Waals surface area (Å²) < 4.78 is 0. The largest absolute Gasteiger partial charge is 0.399 e. The minimum atomic E-state index is 0.00745. The highest BCUT2D eigenvalue weighted by Crippen LogP contribution is 2.13. The number of nitrogen functional groups attached to an aromatic ring is 1. The van der Waals surface area contributed by atoms with Crippen LogP contribution in [0.2, 0.25) is 0 Å². The second-order valence-electron chi connectivity index (χ2n) is 4.19. The Morgan fingerprint density at radius 3 is 2.44 bits per heavy atom. The van der Waals surface area contributed by atoms with E-state index in [2.05, 4.69) is 5.32 Å². The van der Waals surface area contributed by atoms with Gasteiger partial charge in [-0.15, -0.1) is 0 Å². The SMILES string of the molecule is CC(NC(=O)CN(C)C)c1ccc(N)cc1. The van der Waals surface area contributed by atoms with E-state index in [0.29, 0.717) is 6.54 Å². The second kappa shape index (κ2) is 5.51. The summed E-state index contributed by atoms with van der Waals surface area (Å²) in [6.45, 7) is 2.36. The van der Waals surface area contributed by atoms with Gasteiger partial charge in [-0.05, 0) is 38.7 Å². The van der Waals surface area contributed by atoms with E-state index in [1.54, 1.807) is 0 Å². The van der Waals surface area contributed by atoms with Crippen molar-refractivity contribution in [1.29, 1.82) is 0 Å². The van der Waals surface area contributed by atoms with Crippen molar-refractivity contribution in [2.24, 2.45) is 0 Å². The number of nitrogens with zero attached hydrogens (tertiary/aromatic N) is 1. The van der Waals surface area contributed by atoms with Gasteiger partial charge in [-0.2, -0.15) is 0 Å². The van der Waals surface area contributed by atoms with Crippen molar-refractivity contribution in [1.82, 2.24) is 10.2 Å². The summed E-state index contributed by atoms with van der Waals surface area (Å²) in [7, 11) is 3.74. The van der Waals surface area contributed by atoms with Gasteiger partial charge in [-0.1, -0.05) is 12.1 Å². The molecule has 88 valence electrons. The van der Waals surface area contributed by atoms with Crippen molar-refractivity contribution in [3.8, 4) is 0 Å². The standard InChI is InChI=1S/C12H19N3O/c1-9(14-12(16)8-15(2)3)10-4-6-11(13)7-5-10/h4-7,9H,8,13H2,1-3H3,(H,14,16). The number of benzene rings is 1. The normalized spacial score (nSPS) is 12.5. The monoisotopic (exact) mass is 221 g/mol. The van der Waals surface area contributed by atoms with Crippen molar-refractivity contribution < 1.29 is 4.79 Å². The molecule has 1 aromatic rings. The van der Waals surface area contributed by atoms with E-state index in [-0.39, 0.29) is 11.9 Å². The summed E-state index contributed by atoms with van der Waals surface area (Å²) in [5.74, 6) is 0.0225. The molecule has 16 heavy (non-hydrogen) atoms. The molecule has 1 aromatic carbocycles. The molecule has 1 atom stereocenters. The van der Waals surface area contributed by atoms with Gasteiger partial charge < -0.3 is 16.0 Å². The van der Waals surface area contributed by atoms with Crippen molar-refractivity contribution in [2.75, 3.05) is 26.4 Å². The molecule has 0 aromatic heterocycles. The van der Waals surface area contributed by atoms with Gasteiger partial charge in [0.2, 0.25) is 5.91 Å². The van der Waals surface area contributed by atoms with Crippen LogP contribution >= 0.6 is 0 Å². The number of rotatable bonds is 4. The molecule has 0 aliphatic rings. The van der Waals surface area contributed by atoms with Crippen LogP contribution in [-0.2, 0) is 4.79 Å². The Morgan fingerprint density at radius 1 is 1.38 bits per heavy atom. The number of amides is 1. The van der Waals surface area contributed by atoms with E-state index in [4.69, 9.17) is 5.73 Å². The van der Waals surface area contributed by atoms with E-state index in [1.165, 1.54) is 0 Å². The van der Waals surface area contributed by atoms with Gasteiger partial charge in [0.15, 0.2) is 0 Å². The Hall–Kier alpha value is -1.55. The Balaban J connectivity index is 2.55. The third-order valence-electron chi connectivity index (χ3n) is 2.27. The van der Waals surface area contributed by atoms with Gasteiger partial charge in [-0.25, -0.2) is 0 Å². The van der Waals surface area contributed by atoms with Crippen molar-refractivity contribution in [2.45, 2.75) is 13.0 Å². The van der Waals surface area contributed by atoms with Gasteiger partial charge in [0.1, 0.15) is 0 Å². The first kappa shape index (κ1) is 12.5. The van der Waals surface area contributed by atoms with E-state index in [0.717, 1.165) is 11.3 Å². The molecule has 0 bridgehead atoms. The highest BCUT2D eigenvalue weighted by atomic mass is 16.2. The predicted octanol–water partition coefficient (Wildman–Crippen LogP) is 1.01. The van der Waals surface area contributed by atoms with Crippen LogP contribution in [0, 0.1) is 0 Å². The fraction of sp³-hybridized carbons (Fsp3) is 0.417. The first-order chi connectivity index (χ1) is 7.49. The van der Waals surface area contributed by atoms with Crippen LogP contribution in [0.4, 0.5) is 5.69 Å². The highest BCUT2D eigenvalue weighted by molar-refractivity contribution is 5.78. The van der Waals surface area contributed by atoms with Gasteiger partial charge >= 0.3 is 0 Å². The van der Waals surface area contributed by atoms with E-state index < -0.39 is 0 Å². The smallest absolute Gasteiger partial charge is 0.234 e. The van der Waals surface area contributed by atoms with Gasteiger partial charge in [-0.3, -0.25) is 4.79 Å². The molecule has 0 aliphatic heterocycles. The maximum atomic E-state index is 11.5. The number of hydrogen-bond acceptors (Lipinski definition) is 3. The number of carbonyl (C=O) groups excluding carboxylic acids is 1. The van der Waals surface area contributed by atoms with E-state index in [9.17, 15) is 4.79 Å². The third-order valence-corrected chi connectivity index (χ3v) is 2.27. The highest BCUT2D eigenvalue weighted by Gasteiger charge is 2.09. The Labute approximate surface area is 96.4 Å². The maximum absolute atomic E-state index is 11.5. The number of anilines is 1. The Kier molecular flexibility index (Phi) is 4.31. The molecule has 0 aliphatic carbocycles. The molecule has 1 rings (SSSR count). The lowest BCUT2D eigenvalue weighted by molar-refractivity contribution is -0.122. The summed E-state index contributed by atoms with van der Waals surface area (Å²) in [4.78, 5) is 13.4. The van der Waals surface area contributed by atoms with Crippen LogP contribution in [0.1, 0.15) is 18.5 Å². The van der Waals surface area contributed by atoms with Crippen molar-refractivity contribution >= 4 is 11.6 Å². The molecule has 4 nitrogen and oxygen atoms in total. The van der Waals surface area contributed by atoms with Gasteiger partial charge in [0.25, 0.3) is 0 Å². The fourth-order valence-corrected chi connectivity index (χ4v) is 1.44. The fourth-order valence-electron chi connectivity index (χ4n) is 1.44. The third kappa shape index (κ3) is 3.90. The van der Waals surface area contributed by atoms with E-state index in [1.807, 2.05) is 50.2 Å². The summed E-state index contributed by atoms with van der Waals surface area (Å²) in [6.07, 6.45) is 0. The van der Waals surface area contributed by atoms with Crippen LogP contribution in [-0.4, -0.2) is 31.4 Å². The molecule has 3 N–H and O–H groups in total. The molecule has 1 unspecified atom stereocenters. The summed E-state index contributed by atoms with van der Waals surface area (Å²) in [5.41, 5.74) is 7.39. The topological polar surface area (TPSA) is 58.4 Å². The molecule has 4 heteroatoms. The Bertz CT molecular complexity index is 346. The summed E-state index contributed by atoms with van der Waals surface area (Å²) >= 11 is 0. The molecule has 0 fully saturated rings. The first-order valence-corrected chi connectivity index (χ1v) is 5.28. The zero-order valence-corrected chi connectivity index (χ0v) is 10.0. The molecular formula is C12H19N3O.